The fourth-order valence-electron chi connectivity index (χ4n) is 1.43. The fourth-order valence-corrected chi connectivity index (χ4v) is 1.69. The number of Topliss-reactive ketones (excluding diaryl/α,β-unsaturated/α-hetero) is 1. The van der Waals surface area contributed by atoms with E-state index in [0.717, 1.165) is 0 Å². The highest BCUT2D eigenvalue weighted by Crippen LogP contribution is 2.31. The van der Waals surface area contributed by atoms with Crippen molar-refractivity contribution in [2.24, 2.45) is 0 Å². The predicted molar refractivity (Wildman–Crippen MR) is 60.2 cm³/mol. The van der Waals surface area contributed by atoms with Crippen molar-refractivity contribution >= 4 is 21.7 Å². The number of alkyl halides is 1. The van der Waals surface area contributed by atoms with Gasteiger partial charge >= 0.3 is 0 Å². The molecule has 15 heavy (non-hydrogen) atoms. The Morgan fingerprint density at radius 1 is 1.33 bits per heavy atom. The van der Waals surface area contributed by atoms with Crippen LogP contribution in [0.25, 0.3) is 0 Å². The molecule has 3 nitrogen and oxygen atoms in total. The number of halogens is 1. The van der Waals surface area contributed by atoms with Gasteiger partial charge in [0.15, 0.2) is 17.3 Å². The lowest BCUT2D eigenvalue weighted by Crippen LogP contribution is -2.16. The van der Waals surface area contributed by atoms with Gasteiger partial charge in [-0.1, -0.05) is 15.9 Å². The van der Waals surface area contributed by atoms with E-state index in [1.54, 1.807) is 25.1 Å². The third kappa shape index (κ3) is 2.15. The molecule has 1 heterocycles. The Labute approximate surface area is 96.5 Å². The van der Waals surface area contributed by atoms with Crippen LogP contribution in [0.4, 0.5) is 0 Å². The summed E-state index contributed by atoms with van der Waals surface area (Å²) < 4.78 is 10.8. The summed E-state index contributed by atoms with van der Waals surface area (Å²) in [6.45, 7) is 2.91. The van der Waals surface area contributed by atoms with Crippen LogP contribution in [0.15, 0.2) is 18.2 Å². The van der Waals surface area contributed by atoms with Gasteiger partial charge in [-0.15, -0.1) is 0 Å². The lowest BCUT2D eigenvalue weighted by Gasteiger charge is -2.18. The average molecular weight is 271 g/mol. The first-order valence-electron chi connectivity index (χ1n) is 4.76. The van der Waals surface area contributed by atoms with Crippen LogP contribution in [0.2, 0.25) is 0 Å². The van der Waals surface area contributed by atoms with Gasteiger partial charge in [0.2, 0.25) is 0 Å². The largest absolute Gasteiger partial charge is 0.486 e. The van der Waals surface area contributed by atoms with Gasteiger partial charge in [0.25, 0.3) is 0 Å². The molecule has 0 saturated carbocycles. The van der Waals surface area contributed by atoms with Crippen molar-refractivity contribution in [3.63, 3.8) is 0 Å². The van der Waals surface area contributed by atoms with Crippen LogP contribution < -0.4 is 9.47 Å². The highest BCUT2D eigenvalue weighted by molar-refractivity contribution is 9.10. The Kier molecular flexibility index (Phi) is 2.95. The number of carbonyl (C=O) groups excluding carboxylic acids is 1. The Hall–Kier alpha value is -1.03. The SMILES string of the molecule is CC(Br)C(=O)c1ccc2c(c1)OCCO2. The lowest BCUT2D eigenvalue weighted by atomic mass is 10.1. The third-order valence-electron chi connectivity index (χ3n) is 2.19. The maximum atomic E-state index is 11.7. The standard InChI is InChI=1S/C11H11BrO3/c1-7(12)11(13)8-2-3-9-10(6-8)15-5-4-14-9/h2-3,6-7H,4-5H2,1H3. The minimum Gasteiger partial charge on any atom is -0.486 e. The van der Waals surface area contributed by atoms with E-state index in [-0.39, 0.29) is 10.6 Å². The van der Waals surface area contributed by atoms with Gasteiger partial charge < -0.3 is 9.47 Å². The van der Waals surface area contributed by atoms with Gasteiger partial charge in [-0.3, -0.25) is 4.79 Å². The van der Waals surface area contributed by atoms with Gasteiger partial charge in [-0.25, -0.2) is 0 Å². The van der Waals surface area contributed by atoms with E-state index < -0.39 is 0 Å². The molecule has 0 aromatic heterocycles. The number of hydrogen-bond acceptors (Lipinski definition) is 3. The van der Waals surface area contributed by atoms with Crippen LogP contribution in [-0.2, 0) is 0 Å². The van der Waals surface area contributed by atoms with Gasteiger partial charge in [-0.05, 0) is 25.1 Å². The van der Waals surface area contributed by atoms with Crippen molar-refractivity contribution in [3.8, 4) is 11.5 Å². The molecule has 80 valence electrons. The van der Waals surface area contributed by atoms with E-state index in [0.29, 0.717) is 30.3 Å². The van der Waals surface area contributed by atoms with E-state index in [4.69, 9.17) is 9.47 Å². The molecule has 0 bridgehead atoms. The van der Waals surface area contributed by atoms with Crippen LogP contribution in [-0.4, -0.2) is 23.8 Å². The minimum atomic E-state index is -0.181. The van der Waals surface area contributed by atoms with Crippen LogP contribution in [0.5, 0.6) is 11.5 Å². The number of benzene rings is 1. The molecular formula is C11H11BrO3. The molecule has 1 aliphatic heterocycles. The normalized spacial score (nSPS) is 15.9. The molecule has 0 fully saturated rings. The Morgan fingerprint density at radius 3 is 2.67 bits per heavy atom. The average Bonchev–Trinajstić information content (AvgIpc) is 2.27. The molecular weight excluding hydrogens is 260 g/mol. The summed E-state index contributed by atoms with van der Waals surface area (Å²) in [5.41, 5.74) is 0.642. The first kappa shape index (κ1) is 10.5. The van der Waals surface area contributed by atoms with E-state index in [1.807, 2.05) is 0 Å². The smallest absolute Gasteiger partial charge is 0.176 e. The van der Waals surface area contributed by atoms with E-state index in [1.165, 1.54) is 0 Å². The summed E-state index contributed by atoms with van der Waals surface area (Å²) in [6, 6.07) is 5.26. The van der Waals surface area contributed by atoms with E-state index >= 15 is 0 Å². The van der Waals surface area contributed by atoms with Crippen molar-refractivity contribution in [1.29, 1.82) is 0 Å². The molecule has 1 aliphatic rings. The number of carbonyl (C=O) groups is 1. The van der Waals surface area contributed by atoms with Crippen LogP contribution >= 0.6 is 15.9 Å². The number of ether oxygens (including phenoxy) is 2. The van der Waals surface area contributed by atoms with Crippen LogP contribution in [0, 0.1) is 0 Å². The van der Waals surface area contributed by atoms with Crippen LogP contribution in [0.3, 0.4) is 0 Å². The highest BCUT2D eigenvalue weighted by Gasteiger charge is 2.17. The Bertz CT molecular complexity index is 387. The van der Waals surface area contributed by atoms with Gasteiger partial charge in [0.1, 0.15) is 13.2 Å². The predicted octanol–water partition coefficient (Wildman–Crippen LogP) is 2.42. The highest BCUT2D eigenvalue weighted by atomic mass is 79.9. The summed E-state index contributed by atoms with van der Waals surface area (Å²) >= 11 is 3.25. The second-order valence-electron chi connectivity index (χ2n) is 3.34. The first-order chi connectivity index (χ1) is 7.18. The molecule has 1 unspecified atom stereocenters. The second kappa shape index (κ2) is 4.23. The summed E-state index contributed by atoms with van der Waals surface area (Å²) in [6.07, 6.45) is 0. The molecule has 1 atom stereocenters. The summed E-state index contributed by atoms with van der Waals surface area (Å²) in [4.78, 5) is 11.5. The summed E-state index contributed by atoms with van der Waals surface area (Å²) in [5, 5.41) is 0. The molecule has 1 aromatic carbocycles. The zero-order chi connectivity index (χ0) is 10.8. The number of fused-ring (bicyclic) bond motifs is 1. The molecule has 4 heteroatoms. The summed E-state index contributed by atoms with van der Waals surface area (Å²) in [7, 11) is 0. The minimum absolute atomic E-state index is 0.0481. The van der Waals surface area contributed by atoms with Gasteiger partial charge in [0.05, 0.1) is 4.83 Å². The quantitative estimate of drug-likeness (QED) is 0.612. The molecule has 1 aromatic rings. The Balaban J connectivity index is 2.32. The van der Waals surface area contributed by atoms with Gasteiger partial charge in [-0.2, -0.15) is 0 Å². The first-order valence-corrected chi connectivity index (χ1v) is 5.68. The molecule has 0 amide bonds. The fraction of sp³-hybridized carbons (Fsp3) is 0.364. The molecule has 2 rings (SSSR count). The third-order valence-corrected chi connectivity index (χ3v) is 2.60. The topological polar surface area (TPSA) is 35.5 Å². The zero-order valence-corrected chi connectivity index (χ0v) is 9.91. The zero-order valence-electron chi connectivity index (χ0n) is 8.33. The van der Waals surface area contributed by atoms with E-state index in [2.05, 4.69) is 15.9 Å². The van der Waals surface area contributed by atoms with Crippen molar-refractivity contribution in [2.45, 2.75) is 11.8 Å². The van der Waals surface area contributed by atoms with Crippen molar-refractivity contribution < 1.29 is 14.3 Å². The number of rotatable bonds is 2. The Morgan fingerprint density at radius 2 is 2.00 bits per heavy atom. The monoisotopic (exact) mass is 270 g/mol. The molecule has 0 spiro atoms. The lowest BCUT2D eigenvalue weighted by molar-refractivity contribution is 0.0994. The molecule has 0 radical (unpaired) electrons. The number of hydrogen-bond donors (Lipinski definition) is 0. The number of ketones is 1. The molecule has 0 aliphatic carbocycles. The van der Waals surface area contributed by atoms with Crippen molar-refractivity contribution in [2.75, 3.05) is 13.2 Å². The maximum Gasteiger partial charge on any atom is 0.176 e. The van der Waals surface area contributed by atoms with Crippen molar-refractivity contribution in [1.82, 2.24) is 0 Å². The van der Waals surface area contributed by atoms with Crippen LogP contribution in [0.1, 0.15) is 17.3 Å². The molecule has 0 N–H and O–H groups in total. The van der Waals surface area contributed by atoms with Gasteiger partial charge in [0, 0.05) is 5.56 Å². The second-order valence-corrected chi connectivity index (χ2v) is 4.71. The maximum absolute atomic E-state index is 11.7. The molecule has 0 saturated heterocycles. The van der Waals surface area contributed by atoms with Crippen molar-refractivity contribution in [3.05, 3.63) is 23.8 Å². The van der Waals surface area contributed by atoms with E-state index in [9.17, 15) is 4.79 Å². The summed E-state index contributed by atoms with van der Waals surface area (Å²) in [5.74, 6) is 1.41.